The van der Waals surface area contributed by atoms with Crippen LogP contribution in [-0.4, -0.2) is 55.1 Å². The van der Waals surface area contributed by atoms with Gasteiger partial charge >= 0.3 is 0 Å². The molecule has 5 heteroatoms. The van der Waals surface area contributed by atoms with Crippen LogP contribution >= 0.6 is 11.6 Å². The van der Waals surface area contributed by atoms with Crippen LogP contribution in [0.2, 0.25) is 5.02 Å². The highest BCUT2D eigenvalue weighted by molar-refractivity contribution is 6.31. The smallest absolute Gasteiger partial charge is 0.126 e. The van der Waals surface area contributed by atoms with E-state index in [0.29, 0.717) is 0 Å². The van der Waals surface area contributed by atoms with Gasteiger partial charge in [0.15, 0.2) is 0 Å². The molecule has 0 aliphatic carbocycles. The van der Waals surface area contributed by atoms with E-state index in [0.717, 1.165) is 62.1 Å². The highest BCUT2D eigenvalue weighted by Gasteiger charge is 2.10. The van der Waals surface area contributed by atoms with E-state index in [4.69, 9.17) is 11.6 Å². The zero-order valence-corrected chi connectivity index (χ0v) is 14.6. The predicted molar refractivity (Wildman–Crippen MR) is 92.1 cm³/mol. The van der Waals surface area contributed by atoms with Crippen LogP contribution in [0.3, 0.4) is 0 Å². The van der Waals surface area contributed by atoms with E-state index in [2.05, 4.69) is 48.0 Å². The summed E-state index contributed by atoms with van der Waals surface area (Å²) in [4.78, 5) is 9.28. The van der Waals surface area contributed by atoms with Crippen LogP contribution in [0.15, 0.2) is 12.1 Å². The van der Waals surface area contributed by atoms with Crippen LogP contribution in [0.1, 0.15) is 32.4 Å². The van der Waals surface area contributed by atoms with E-state index in [1.807, 2.05) is 12.1 Å². The number of pyridine rings is 1. The molecule has 120 valence electrons. The van der Waals surface area contributed by atoms with Crippen molar-refractivity contribution in [1.82, 2.24) is 14.8 Å². The van der Waals surface area contributed by atoms with E-state index in [-0.39, 0.29) is 0 Å². The molecule has 0 spiro atoms. The molecule has 1 N–H and O–H groups in total. The molecule has 1 aromatic rings. The number of likely N-dealkylation sites (N-methyl/N-ethyl adjacent to an activating group) is 1. The van der Waals surface area contributed by atoms with Gasteiger partial charge in [0.05, 0.1) is 10.7 Å². The zero-order chi connectivity index (χ0) is 15.7. The summed E-state index contributed by atoms with van der Waals surface area (Å²) in [6.45, 7) is 9.25. The standard InChI is InChI=1S/C16H29ClN4/c1-5-9-18-16-8-7-14(17)15(19-16)13-21(10-6-2)12-11-20(3)4/h7-8H,5-6,9-13H2,1-4H3,(H,18,19). The fraction of sp³-hybridized carbons (Fsp3) is 0.688. The Morgan fingerprint density at radius 1 is 1.10 bits per heavy atom. The minimum absolute atomic E-state index is 0.753. The van der Waals surface area contributed by atoms with Crippen molar-refractivity contribution in [2.24, 2.45) is 0 Å². The lowest BCUT2D eigenvalue weighted by molar-refractivity contribution is 0.232. The molecule has 0 fully saturated rings. The quantitative estimate of drug-likeness (QED) is 0.718. The molecule has 0 aromatic carbocycles. The zero-order valence-electron chi connectivity index (χ0n) is 13.8. The van der Waals surface area contributed by atoms with Crippen molar-refractivity contribution in [1.29, 1.82) is 0 Å². The maximum Gasteiger partial charge on any atom is 0.126 e. The number of hydrogen-bond acceptors (Lipinski definition) is 4. The third-order valence-electron chi connectivity index (χ3n) is 3.25. The Morgan fingerprint density at radius 2 is 1.86 bits per heavy atom. The lowest BCUT2D eigenvalue weighted by Crippen LogP contribution is -2.32. The number of anilines is 1. The van der Waals surface area contributed by atoms with Crippen LogP contribution in [0, 0.1) is 0 Å². The second-order valence-electron chi connectivity index (χ2n) is 5.63. The Kier molecular flexibility index (Phi) is 8.66. The van der Waals surface area contributed by atoms with Gasteiger partial charge in [0.1, 0.15) is 5.82 Å². The Balaban J connectivity index is 2.71. The van der Waals surface area contributed by atoms with Crippen molar-refractivity contribution < 1.29 is 0 Å². The monoisotopic (exact) mass is 312 g/mol. The highest BCUT2D eigenvalue weighted by Crippen LogP contribution is 2.18. The number of halogens is 1. The molecule has 1 heterocycles. The van der Waals surface area contributed by atoms with Crippen molar-refractivity contribution in [3.05, 3.63) is 22.8 Å². The van der Waals surface area contributed by atoms with Crippen molar-refractivity contribution in [3.63, 3.8) is 0 Å². The minimum Gasteiger partial charge on any atom is -0.370 e. The van der Waals surface area contributed by atoms with Crippen LogP contribution in [0.4, 0.5) is 5.82 Å². The summed E-state index contributed by atoms with van der Waals surface area (Å²) in [5, 5.41) is 4.07. The first kappa shape index (κ1) is 18.2. The summed E-state index contributed by atoms with van der Waals surface area (Å²) in [7, 11) is 4.20. The summed E-state index contributed by atoms with van der Waals surface area (Å²) < 4.78 is 0. The lowest BCUT2D eigenvalue weighted by atomic mass is 10.3. The SMILES string of the molecule is CCCNc1ccc(Cl)c(CN(CCC)CCN(C)C)n1. The van der Waals surface area contributed by atoms with E-state index >= 15 is 0 Å². The molecule has 21 heavy (non-hydrogen) atoms. The maximum absolute atomic E-state index is 6.31. The third-order valence-corrected chi connectivity index (χ3v) is 3.60. The third kappa shape index (κ3) is 7.11. The Morgan fingerprint density at radius 3 is 2.48 bits per heavy atom. The molecular formula is C16H29ClN4. The molecule has 0 unspecified atom stereocenters. The van der Waals surface area contributed by atoms with E-state index in [1.54, 1.807) is 0 Å². The van der Waals surface area contributed by atoms with Gasteiger partial charge in [0.2, 0.25) is 0 Å². The van der Waals surface area contributed by atoms with Gasteiger partial charge in [-0.2, -0.15) is 0 Å². The number of hydrogen-bond donors (Lipinski definition) is 1. The molecule has 0 radical (unpaired) electrons. The fourth-order valence-corrected chi connectivity index (χ4v) is 2.25. The molecule has 0 aliphatic rings. The second kappa shape index (κ2) is 9.98. The number of nitrogens with zero attached hydrogens (tertiary/aromatic N) is 3. The molecule has 0 saturated carbocycles. The van der Waals surface area contributed by atoms with Crippen molar-refractivity contribution in [2.45, 2.75) is 33.2 Å². The number of rotatable bonds is 10. The molecule has 1 rings (SSSR count). The largest absolute Gasteiger partial charge is 0.370 e. The summed E-state index contributed by atoms with van der Waals surface area (Å²) in [6, 6.07) is 3.89. The van der Waals surface area contributed by atoms with E-state index < -0.39 is 0 Å². The van der Waals surface area contributed by atoms with E-state index in [9.17, 15) is 0 Å². The Bertz CT molecular complexity index is 409. The number of nitrogens with one attached hydrogen (secondary N) is 1. The molecule has 1 aromatic heterocycles. The van der Waals surface area contributed by atoms with Gasteiger partial charge in [-0.15, -0.1) is 0 Å². The second-order valence-corrected chi connectivity index (χ2v) is 6.04. The summed E-state index contributed by atoms with van der Waals surface area (Å²) in [6.07, 6.45) is 2.23. The van der Waals surface area contributed by atoms with Crippen molar-refractivity contribution in [3.8, 4) is 0 Å². The van der Waals surface area contributed by atoms with Gasteiger partial charge in [-0.05, 0) is 45.6 Å². The van der Waals surface area contributed by atoms with Gasteiger partial charge in [0.25, 0.3) is 0 Å². The van der Waals surface area contributed by atoms with Gasteiger partial charge in [-0.25, -0.2) is 4.98 Å². The Labute approximate surface area is 134 Å². The maximum atomic E-state index is 6.31. The molecule has 0 saturated heterocycles. The Hall–Kier alpha value is -0.840. The fourth-order valence-electron chi connectivity index (χ4n) is 2.09. The van der Waals surface area contributed by atoms with Crippen LogP contribution in [0.25, 0.3) is 0 Å². The number of aromatic nitrogens is 1. The minimum atomic E-state index is 0.753. The van der Waals surface area contributed by atoms with Gasteiger partial charge in [-0.1, -0.05) is 25.4 Å². The molecule has 0 aliphatic heterocycles. The first-order valence-corrected chi connectivity index (χ1v) is 8.21. The normalized spacial score (nSPS) is 11.4. The molecule has 0 atom stereocenters. The average molecular weight is 313 g/mol. The molecular weight excluding hydrogens is 284 g/mol. The summed E-state index contributed by atoms with van der Waals surface area (Å²) in [5.74, 6) is 0.917. The highest BCUT2D eigenvalue weighted by atomic mass is 35.5. The molecule has 4 nitrogen and oxygen atoms in total. The van der Waals surface area contributed by atoms with Crippen LogP contribution in [0.5, 0.6) is 0 Å². The predicted octanol–water partition coefficient (Wildman–Crippen LogP) is 3.33. The topological polar surface area (TPSA) is 31.4 Å². The molecule has 0 amide bonds. The van der Waals surface area contributed by atoms with Gasteiger partial charge in [0, 0.05) is 26.2 Å². The van der Waals surface area contributed by atoms with Crippen molar-refractivity contribution >= 4 is 17.4 Å². The van der Waals surface area contributed by atoms with Crippen molar-refractivity contribution in [2.75, 3.05) is 45.6 Å². The summed E-state index contributed by atoms with van der Waals surface area (Å²) >= 11 is 6.31. The van der Waals surface area contributed by atoms with E-state index in [1.165, 1.54) is 0 Å². The summed E-state index contributed by atoms with van der Waals surface area (Å²) in [5.41, 5.74) is 0.963. The van der Waals surface area contributed by atoms with Crippen LogP contribution in [-0.2, 0) is 6.54 Å². The van der Waals surface area contributed by atoms with Gasteiger partial charge < -0.3 is 10.2 Å². The lowest BCUT2D eigenvalue weighted by Gasteiger charge is -2.23. The first-order chi connectivity index (χ1) is 10.1. The average Bonchev–Trinajstić information content (AvgIpc) is 2.45. The van der Waals surface area contributed by atoms with Crippen LogP contribution < -0.4 is 5.32 Å². The first-order valence-electron chi connectivity index (χ1n) is 7.83. The molecule has 0 bridgehead atoms. The van der Waals surface area contributed by atoms with Gasteiger partial charge in [-0.3, -0.25) is 4.90 Å².